The molecule has 84 valence electrons. The lowest BCUT2D eigenvalue weighted by atomic mass is 10.1. The Morgan fingerprint density at radius 2 is 2.20 bits per heavy atom. The molecule has 0 aliphatic rings. The molecule has 15 heavy (non-hydrogen) atoms. The summed E-state index contributed by atoms with van der Waals surface area (Å²) in [6.45, 7) is 6.02. The van der Waals surface area contributed by atoms with Crippen LogP contribution in [0, 0.1) is 12.8 Å². The molecule has 0 spiro atoms. The summed E-state index contributed by atoms with van der Waals surface area (Å²) in [6, 6.07) is 0.139. The SMILES string of the molecule is Cc1cnc(Cl)nc1NC(C)C(C)CO. The molecule has 0 aliphatic heterocycles. The third kappa shape index (κ3) is 3.32. The van der Waals surface area contributed by atoms with Gasteiger partial charge in [0, 0.05) is 24.4 Å². The van der Waals surface area contributed by atoms with Crippen LogP contribution >= 0.6 is 11.6 Å². The van der Waals surface area contributed by atoms with Crippen LogP contribution in [-0.4, -0.2) is 27.7 Å². The smallest absolute Gasteiger partial charge is 0.224 e. The number of rotatable bonds is 4. The summed E-state index contributed by atoms with van der Waals surface area (Å²) in [6.07, 6.45) is 1.67. The number of hydrogen-bond donors (Lipinski definition) is 2. The van der Waals surface area contributed by atoms with Crippen LogP contribution in [0.2, 0.25) is 5.28 Å². The number of aliphatic hydroxyl groups excluding tert-OH is 1. The Morgan fingerprint density at radius 1 is 1.53 bits per heavy atom. The van der Waals surface area contributed by atoms with Crippen LogP contribution in [0.5, 0.6) is 0 Å². The Kier molecular flexibility index (Phi) is 4.29. The van der Waals surface area contributed by atoms with Gasteiger partial charge in [-0.05, 0) is 31.4 Å². The van der Waals surface area contributed by atoms with E-state index in [1.807, 2.05) is 20.8 Å². The Morgan fingerprint density at radius 3 is 2.80 bits per heavy atom. The molecule has 0 fully saturated rings. The number of aromatic nitrogens is 2. The predicted octanol–water partition coefficient (Wildman–Crippen LogP) is 1.87. The fraction of sp³-hybridized carbons (Fsp3) is 0.600. The van der Waals surface area contributed by atoms with Gasteiger partial charge in [-0.15, -0.1) is 0 Å². The molecule has 2 atom stereocenters. The van der Waals surface area contributed by atoms with Crippen LogP contribution in [0.4, 0.5) is 5.82 Å². The highest BCUT2D eigenvalue weighted by Crippen LogP contribution is 2.15. The first-order valence-corrected chi connectivity index (χ1v) is 5.29. The molecule has 2 N–H and O–H groups in total. The monoisotopic (exact) mass is 229 g/mol. The summed E-state index contributed by atoms with van der Waals surface area (Å²) in [5.74, 6) is 0.890. The van der Waals surface area contributed by atoms with E-state index in [2.05, 4.69) is 15.3 Å². The molecule has 2 unspecified atom stereocenters. The Balaban J connectivity index is 2.75. The van der Waals surface area contributed by atoms with Gasteiger partial charge in [0.05, 0.1) is 0 Å². The maximum Gasteiger partial charge on any atom is 0.224 e. The zero-order valence-electron chi connectivity index (χ0n) is 9.16. The highest BCUT2D eigenvalue weighted by Gasteiger charge is 2.12. The predicted molar refractivity (Wildman–Crippen MR) is 61.1 cm³/mol. The van der Waals surface area contributed by atoms with Crippen LogP contribution in [-0.2, 0) is 0 Å². The standard InChI is InChI=1S/C10H16ClN3O/c1-6-4-12-10(11)14-9(6)13-8(3)7(2)5-15/h4,7-8,15H,5H2,1-3H3,(H,12,13,14). The zero-order valence-corrected chi connectivity index (χ0v) is 9.91. The van der Waals surface area contributed by atoms with Crippen molar-refractivity contribution in [1.29, 1.82) is 0 Å². The highest BCUT2D eigenvalue weighted by molar-refractivity contribution is 6.28. The lowest BCUT2D eigenvalue weighted by molar-refractivity contribution is 0.226. The average molecular weight is 230 g/mol. The first-order chi connectivity index (χ1) is 7.04. The van der Waals surface area contributed by atoms with E-state index < -0.39 is 0 Å². The van der Waals surface area contributed by atoms with E-state index >= 15 is 0 Å². The summed E-state index contributed by atoms with van der Waals surface area (Å²) >= 11 is 5.70. The lowest BCUT2D eigenvalue weighted by Gasteiger charge is -2.20. The van der Waals surface area contributed by atoms with Crippen molar-refractivity contribution in [3.05, 3.63) is 17.0 Å². The van der Waals surface area contributed by atoms with Gasteiger partial charge < -0.3 is 10.4 Å². The van der Waals surface area contributed by atoms with Crippen molar-refractivity contribution in [3.63, 3.8) is 0 Å². The van der Waals surface area contributed by atoms with E-state index in [4.69, 9.17) is 16.7 Å². The number of aryl methyl sites for hydroxylation is 1. The molecule has 0 radical (unpaired) electrons. The lowest BCUT2D eigenvalue weighted by Crippen LogP contribution is -2.27. The van der Waals surface area contributed by atoms with Crippen molar-refractivity contribution in [2.75, 3.05) is 11.9 Å². The van der Waals surface area contributed by atoms with Gasteiger partial charge in [0.15, 0.2) is 0 Å². The number of anilines is 1. The van der Waals surface area contributed by atoms with Gasteiger partial charge in [0.25, 0.3) is 0 Å². The molecule has 0 aliphatic carbocycles. The van der Waals surface area contributed by atoms with E-state index in [0.717, 1.165) is 11.4 Å². The van der Waals surface area contributed by atoms with E-state index in [9.17, 15) is 0 Å². The molecular formula is C10H16ClN3O. The molecule has 4 nitrogen and oxygen atoms in total. The van der Waals surface area contributed by atoms with E-state index in [-0.39, 0.29) is 23.9 Å². The number of nitrogens with one attached hydrogen (secondary N) is 1. The van der Waals surface area contributed by atoms with Gasteiger partial charge >= 0.3 is 0 Å². The summed E-state index contributed by atoms with van der Waals surface area (Å²) in [5.41, 5.74) is 0.941. The molecule has 0 bridgehead atoms. The third-order valence-electron chi connectivity index (χ3n) is 2.45. The normalized spacial score (nSPS) is 14.7. The van der Waals surface area contributed by atoms with Crippen LogP contribution in [0.3, 0.4) is 0 Å². The second-order valence-electron chi connectivity index (χ2n) is 3.76. The van der Waals surface area contributed by atoms with Gasteiger partial charge in [-0.25, -0.2) is 9.97 Å². The largest absolute Gasteiger partial charge is 0.396 e. The van der Waals surface area contributed by atoms with Crippen LogP contribution < -0.4 is 5.32 Å². The van der Waals surface area contributed by atoms with Crippen molar-refractivity contribution in [2.45, 2.75) is 26.8 Å². The van der Waals surface area contributed by atoms with E-state index in [1.165, 1.54) is 0 Å². The van der Waals surface area contributed by atoms with Gasteiger partial charge in [-0.1, -0.05) is 6.92 Å². The minimum Gasteiger partial charge on any atom is -0.396 e. The van der Waals surface area contributed by atoms with Gasteiger partial charge in [0.2, 0.25) is 5.28 Å². The Bertz CT molecular complexity index is 332. The van der Waals surface area contributed by atoms with E-state index in [0.29, 0.717) is 0 Å². The fourth-order valence-corrected chi connectivity index (χ4v) is 1.22. The molecule has 0 saturated heterocycles. The highest BCUT2D eigenvalue weighted by atomic mass is 35.5. The summed E-state index contributed by atoms with van der Waals surface area (Å²) in [7, 11) is 0. The third-order valence-corrected chi connectivity index (χ3v) is 2.63. The molecule has 1 rings (SSSR count). The Labute approximate surface area is 94.7 Å². The number of nitrogens with zero attached hydrogens (tertiary/aromatic N) is 2. The van der Waals surface area contributed by atoms with Gasteiger partial charge in [-0.3, -0.25) is 0 Å². The Hall–Kier alpha value is -0.870. The van der Waals surface area contributed by atoms with Gasteiger partial charge in [-0.2, -0.15) is 0 Å². The fourth-order valence-electron chi connectivity index (χ4n) is 1.08. The molecule has 5 heteroatoms. The van der Waals surface area contributed by atoms with Crippen LogP contribution in [0.25, 0.3) is 0 Å². The molecule has 1 heterocycles. The summed E-state index contributed by atoms with van der Waals surface area (Å²) < 4.78 is 0. The second-order valence-corrected chi connectivity index (χ2v) is 4.10. The number of halogens is 1. The number of hydrogen-bond acceptors (Lipinski definition) is 4. The summed E-state index contributed by atoms with van der Waals surface area (Å²) in [5, 5.41) is 12.4. The van der Waals surface area contributed by atoms with Crippen molar-refractivity contribution < 1.29 is 5.11 Å². The van der Waals surface area contributed by atoms with E-state index in [1.54, 1.807) is 6.20 Å². The topological polar surface area (TPSA) is 58.0 Å². The second kappa shape index (κ2) is 5.28. The zero-order chi connectivity index (χ0) is 11.4. The minimum absolute atomic E-state index is 0.139. The summed E-state index contributed by atoms with van der Waals surface area (Å²) in [4.78, 5) is 7.97. The van der Waals surface area contributed by atoms with Crippen molar-refractivity contribution in [2.24, 2.45) is 5.92 Å². The molecule has 0 amide bonds. The molecule has 0 saturated carbocycles. The molecular weight excluding hydrogens is 214 g/mol. The van der Waals surface area contributed by atoms with Crippen LogP contribution in [0.1, 0.15) is 19.4 Å². The van der Waals surface area contributed by atoms with Crippen molar-refractivity contribution in [1.82, 2.24) is 9.97 Å². The molecule has 1 aromatic rings. The average Bonchev–Trinajstić information content (AvgIpc) is 2.22. The van der Waals surface area contributed by atoms with Gasteiger partial charge in [0.1, 0.15) is 5.82 Å². The molecule has 1 aromatic heterocycles. The maximum absolute atomic E-state index is 9.01. The maximum atomic E-state index is 9.01. The molecule has 0 aromatic carbocycles. The minimum atomic E-state index is 0.139. The first-order valence-electron chi connectivity index (χ1n) is 4.91. The first kappa shape index (κ1) is 12.2. The number of aliphatic hydroxyl groups is 1. The van der Waals surface area contributed by atoms with Crippen molar-refractivity contribution >= 4 is 17.4 Å². The van der Waals surface area contributed by atoms with Crippen LogP contribution in [0.15, 0.2) is 6.20 Å². The van der Waals surface area contributed by atoms with Crippen molar-refractivity contribution in [3.8, 4) is 0 Å². The quantitative estimate of drug-likeness (QED) is 0.774.